The van der Waals surface area contributed by atoms with Crippen molar-refractivity contribution in [3.05, 3.63) is 92.7 Å². The van der Waals surface area contributed by atoms with E-state index in [1.54, 1.807) is 24.3 Å². The summed E-state index contributed by atoms with van der Waals surface area (Å²) >= 11 is 31.9. The molecule has 4 rings (SSSR count). The predicted octanol–water partition coefficient (Wildman–Crippen LogP) is 8.21. The normalized spacial score (nSPS) is 20.9. The Morgan fingerprint density at radius 2 is 1.55 bits per heavy atom. The molecule has 33 heavy (non-hydrogen) atoms. The largest absolute Gasteiger partial charge is 0.385 e. The van der Waals surface area contributed by atoms with Crippen LogP contribution in [0.1, 0.15) is 22.8 Å². The Morgan fingerprint density at radius 1 is 0.939 bits per heavy atom. The van der Waals surface area contributed by atoms with Crippen molar-refractivity contribution in [2.45, 2.75) is 16.7 Å². The molecule has 1 saturated carbocycles. The number of hydrogen-bond acceptors (Lipinski definition) is 2. The molecule has 0 heterocycles. The van der Waals surface area contributed by atoms with E-state index in [1.807, 2.05) is 19.1 Å². The van der Waals surface area contributed by atoms with E-state index >= 15 is 0 Å². The van der Waals surface area contributed by atoms with Crippen LogP contribution in [0.5, 0.6) is 0 Å². The van der Waals surface area contributed by atoms with E-state index in [-0.39, 0.29) is 22.3 Å². The van der Waals surface area contributed by atoms with Gasteiger partial charge < -0.3 is 10.6 Å². The Morgan fingerprint density at radius 3 is 2.18 bits per heavy atom. The van der Waals surface area contributed by atoms with Crippen LogP contribution in [0.2, 0.25) is 15.1 Å². The van der Waals surface area contributed by atoms with Gasteiger partial charge in [-0.1, -0.05) is 41.7 Å². The second-order valence-electron chi connectivity index (χ2n) is 8.07. The fraction of sp³-hybridized carbons (Fsp3) is 0.208. The molecule has 172 valence electrons. The van der Waals surface area contributed by atoms with Crippen LogP contribution < -0.4 is 10.6 Å². The standard InChI is InChI=1S/C24H18Cl5FN2O/c1-23(13-8-14(25)10-15(26)9-13)21(24(23,28)29)12-31-18-6-7-20(27)19(11-18)22(33)32-17-4-2-16(30)3-5-17/h2-11,21,31H,12H2,1H3,(H,32,33). The van der Waals surface area contributed by atoms with Crippen molar-refractivity contribution >= 4 is 75.3 Å². The average molecular weight is 547 g/mol. The summed E-state index contributed by atoms with van der Waals surface area (Å²) in [5.41, 5.74) is 1.69. The number of nitrogens with one attached hydrogen (secondary N) is 2. The minimum atomic E-state index is -1.02. The summed E-state index contributed by atoms with van der Waals surface area (Å²) in [5.74, 6) is -0.946. The van der Waals surface area contributed by atoms with Gasteiger partial charge >= 0.3 is 0 Å². The molecule has 0 aliphatic heterocycles. The Bertz CT molecular complexity index is 1200. The lowest BCUT2D eigenvalue weighted by Crippen LogP contribution is -2.14. The zero-order valence-corrected chi connectivity index (χ0v) is 21.0. The number of hydrogen-bond donors (Lipinski definition) is 2. The van der Waals surface area contributed by atoms with Gasteiger partial charge in [-0.3, -0.25) is 4.79 Å². The lowest BCUT2D eigenvalue weighted by molar-refractivity contribution is 0.102. The molecule has 0 bridgehead atoms. The van der Waals surface area contributed by atoms with Crippen molar-refractivity contribution in [1.29, 1.82) is 0 Å². The van der Waals surface area contributed by atoms with Gasteiger partial charge in [-0.05, 0) is 66.2 Å². The van der Waals surface area contributed by atoms with Crippen molar-refractivity contribution < 1.29 is 9.18 Å². The molecular weight excluding hydrogens is 529 g/mol. The molecular formula is C24H18Cl5FN2O. The SMILES string of the molecule is CC1(c2cc(Cl)cc(Cl)c2)C(CNc2ccc(Cl)c(C(=O)Nc3ccc(F)cc3)c2)C1(Cl)Cl. The molecule has 1 amide bonds. The molecule has 0 aromatic heterocycles. The Hall–Kier alpha value is -1.69. The zero-order valence-electron chi connectivity index (χ0n) is 17.2. The first-order valence-corrected chi connectivity index (χ1v) is 11.9. The Labute approximate surface area is 216 Å². The smallest absolute Gasteiger partial charge is 0.257 e. The van der Waals surface area contributed by atoms with E-state index in [2.05, 4.69) is 10.6 Å². The highest BCUT2D eigenvalue weighted by atomic mass is 35.5. The molecule has 0 spiro atoms. The van der Waals surface area contributed by atoms with Gasteiger partial charge in [-0.15, -0.1) is 23.2 Å². The Balaban J connectivity index is 1.49. The minimum Gasteiger partial charge on any atom is -0.385 e. The lowest BCUT2D eigenvalue weighted by atomic mass is 9.95. The highest BCUT2D eigenvalue weighted by molar-refractivity contribution is 6.52. The minimum absolute atomic E-state index is 0.143. The molecule has 2 unspecified atom stereocenters. The highest BCUT2D eigenvalue weighted by Crippen LogP contribution is 2.69. The topological polar surface area (TPSA) is 41.1 Å². The molecule has 2 N–H and O–H groups in total. The first kappa shape index (κ1) is 24.4. The van der Waals surface area contributed by atoms with Crippen LogP contribution in [0, 0.1) is 11.7 Å². The fourth-order valence-corrected chi connectivity index (χ4v) is 5.65. The van der Waals surface area contributed by atoms with Crippen LogP contribution in [-0.2, 0) is 5.41 Å². The summed E-state index contributed by atoms with van der Waals surface area (Å²) in [6, 6.07) is 15.8. The van der Waals surface area contributed by atoms with E-state index in [9.17, 15) is 9.18 Å². The number of alkyl halides is 2. The second-order valence-corrected chi connectivity index (χ2v) is 10.7. The average Bonchev–Trinajstić information content (AvgIpc) is 3.20. The van der Waals surface area contributed by atoms with Gasteiger partial charge in [0, 0.05) is 39.3 Å². The van der Waals surface area contributed by atoms with Gasteiger partial charge in [0.15, 0.2) is 0 Å². The number of halogens is 6. The van der Waals surface area contributed by atoms with E-state index in [0.717, 1.165) is 5.56 Å². The monoisotopic (exact) mass is 544 g/mol. The fourth-order valence-electron chi connectivity index (χ4n) is 3.96. The van der Waals surface area contributed by atoms with Gasteiger partial charge in [0.2, 0.25) is 0 Å². The third kappa shape index (κ3) is 4.78. The molecule has 3 nitrogen and oxygen atoms in total. The summed E-state index contributed by atoms with van der Waals surface area (Å²) in [7, 11) is 0. The Kier molecular flexibility index (Phi) is 6.78. The van der Waals surface area contributed by atoms with Crippen LogP contribution >= 0.6 is 58.0 Å². The third-order valence-corrected chi connectivity index (χ3v) is 8.11. The van der Waals surface area contributed by atoms with E-state index in [1.165, 1.54) is 24.3 Å². The van der Waals surface area contributed by atoms with Crippen molar-refractivity contribution in [3.63, 3.8) is 0 Å². The van der Waals surface area contributed by atoms with Crippen LogP contribution in [0.25, 0.3) is 0 Å². The van der Waals surface area contributed by atoms with Crippen molar-refractivity contribution in [3.8, 4) is 0 Å². The molecule has 3 aromatic carbocycles. The number of rotatable bonds is 6. The highest BCUT2D eigenvalue weighted by Gasteiger charge is 2.73. The third-order valence-electron chi connectivity index (χ3n) is 6.03. The summed E-state index contributed by atoms with van der Waals surface area (Å²) in [6.45, 7) is 2.40. The molecule has 0 saturated heterocycles. The van der Waals surface area contributed by atoms with Crippen molar-refractivity contribution in [1.82, 2.24) is 0 Å². The predicted molar refractivity (Wildman–Crippen MR) is 136 cm³/mol. The van der Waals surface area contributed by atoms with Crippen LogP contribution in [0.4, 0.5) is 15.8 Å². The van der Waals surface area contributed by atoms with Gasteiger partial charge in [0.25, 0.3) is 5.91 Å². The van der Waals surface area contributed by atoms with Gasteiger partial charge in [0.1, 0.15) is 10.2 Å². The maximum absolute atomic E-state index is 13.1. The number of benzene rings is 3. The van der Waals surface area contributed by atoms with Crippen LogP contribution in [-0.4, -0.2) is 16.8 Å². The van der Waals surface area contributed by atoms with Crippen LogP contribution in [0.3, 0.4) is 0 Å². The van der Waals surface area contributed by atoms with E-state index < -0.39 is 15.7 Å². The van der Waals surface area contributed by atoms with Gasteiger partial charge in [-0.2, -0.15) is 0 Å². The number of carbonyl (C=O) groups excluding carboxylic acids is 1. The first-order valence-electron chi connectivity index (χ1n) is 9.97. The number of anilines is 2. The molecule has 0 radical (unpaired) electrons. The first-order chi connectivity index (χ1) is 15.5. The molecule has 1 aliphatic rings. The molecule has 3 aromatic rings. The quantitative estimate of drug-likeness (QED) is 0.306. The van der Waals surface area contributed by atoms with Gasteiger partial charge in [0.05, 0.1) is 10.6 Å². The molecule has 9 heteroatoms. The maximum Gasteiger partial charge on any atom is 0.257 e. The number of amides is 1. The number of carbonyl (C=O) groups is 1. The summed E-state index contributed by atoms with van der Waals surface area (Å²) in [6.07, 6.45) is 0. The van der Waals surface area contributed by atoms with Gasteiger partial charge in [-0.25, -0.2) is 4.39 Å². The van der Waals surface area contributed by atoms with E-state index in [0.29, 0.717) is 28.0 Å². The molecule has 2 atom stereocenters. The summed E-state index contributed by atoms with van der Waals surface area (Å²) < 4.78 is 12.1. The zero-order chi connectivity index (χ0) is 24.0. The maximum atomic E-state index is 13.1. The summed E-state index contributed by atoms with van der Waals surface area (Å²) in [4.78, 5) is 12.7. The second kappa shape index (κ2) is 9.16. The summed E-state index contributed by atoms with van der Waals surface area (Å²) in [5, 5.41) is 7.30. The van der Waals surface area contributed by atoms with E-state index in [4.69, 9.17) is 58.0 Å². The molecule has 1 aliphatic carbocycles. The van der Waals surface area contributed by atoms with Crippen LogP contribution in [0.15, 0.2) is 60.7 Å². The lowest BCUT2D eigenvalue weighted by Gasteiger charge is -2.15. The molecule has 1 fully saturated rings. The van der Waals surface area contributed by atoms with Crippen molar-refractivity contribution in [2.24, 2.45) is 5.92 Å². The van der Waals surface area contributed by atoms with Crippen molar-refractivity contribution in [2.75, 3.05) is 17.2 Å².